The minimum Gasteiger partial charge on any atom is -0.352 e. The van der Waals surface area contributed by atoms with Gasteiger partial charge in [-0.2, -0.15) is 0 Å². The van der Waals surface area contributed by atoms with Crippen LogP contribution in [0.25, 0.3) is 0 Å². The van der Waals surface area contributed by atoms with E-state index in [4.69, 9.17) is 0 Å². The summed E-state index contributed by atoms with van der Waals surface area (Å²) in [6.45, 7) is 6.78. The van der Waals surface area contributed by atoms with E-state index in [1.807, 2.05) is 20.8 Å². The zero-order chi connectivity index (χ0) is 25.6. The van der Waals surface area contributed by atoms with Crippen LogP contribution < -0.4 is 9.62 Å². The lowest BCUT2D eigenvalue weighted by molar-refractivity contribution is -0.140. The van der Waals surface area contributed by atoms with Gasteiger partial charge in [-0.3, -0.25) is 13.9 Å². The Bertz CT molecular complexity index is 1120. The van der Waals surface area contributed by atoms with E-state index in [-0.39, 0.29) is 18.5 Å². The summed E-state index contributed by atoms with van der Waals surface area (Å²) in [6, 6.07) is 9.67. The number of aryl methyl sites for hydroxylation is 1. The van der Waals surface area contributed by atoms with Crippen molar-refractivity contribution in [1.82, 2.24) is 10.2 Å². The molecule has 0 saturated heterocycles. The summed E-state index contributed by atoms with van der Waals surface area (Å²) < 4.78 is 40.5. The Hall–Kier alpha value is -2.46. The Labute approximate surface area is 209 Å². The number of amides is 2. The minimum absolute atomic E-state index is 0.0279. The molecule has 10 heteroatoms. The Kier molecular flexibility index (Phi) is 9.64. The molecule has 34 heavy (non-hydrogen) atoms. The summed E-state index contributed by atoms with van der Waals surface area (Å²) in [5.41, 5.74) is 1.78. The van der Waals surface area contributed by atoms with Crippen LogP contribution in [0.3, 0.4) is 0 Å². The largest absolute Gasteiger partial charge is 0.352 e. The number of anilines is 1. The molecule has 186 valence electrons. The lowest BCUT2D eigenvalue weighted by atomic mass is 10.1. The summed E-state index contributed by atoms with van der Waals surface area (Å²) in [7, 11) is -3.81. The van der Waals surface area contributed by atoms with Crippen molar-refractivity contribution in [3.63, 3.8) is 0 Å². The summed E-state index contributed by atoms with van der Waals surface area (Å²) in [5, 5.41) is 2.82. The lowest BCUT2D eigenvalue weighted by Gasteiger charge is -2.33. The zero-order valence-corrected chi connectivity index (χ0v) is 22.4. The highest BCUT2D eigenvalue weighted by Gasteiger charge is 2.32. The quantitative estimate of drug-likeness (QED) is 0.480. The fourth-order valence-electron chi connectivity index (χ4n) is 3.48. The molecule has 0 fully saturated rings. The first kappa shape index (κ1) is 27.8. The van der Waals surface area contributed by atoms with Crippen molar-refractivity contribution in [2.75, 3.05) is 17.1 Å². The second kappa shape index (κ2) is 11.8. The van der Waals surface area contributed by atoms with Gasteiger partial charge in [0.25, 0.3) is 0 Å². The number of halogens is 2. The lowest BCUT2D eigenvalue weighted by Crippen LogP contribution is -2.53. The summed E-state index contributed by atoms with van der Waals surface area (Å²) >= 11 is 3.39. The fraction of sp³-hybridized carbons (Fsp3) is 0.417. The molecular weight excluding hydrogens is 525 g/mol. The van der Waals surface area contributed by atoms with Crippen LogP contribution in [-0.2, 0) is 26.2 Å². The number of sulfonamides is 1. The Morgan fingerprint density at radius 2 is 1.74 bits per heavy atom. The molecule has 0 aliphatic carbocycles. The van der Waals surface area contributed by atoms with Crippen LogP contribution in [0.15, 0.2) is 46.9 Å². The third kappa shape index (κ3) is 7.53. The number of nitrogens with one attached hydrogen (secondary N) is 1. The maximum Gasteiger partial charge on any atom is 0.244 e. The smallest absolute Gasteiger partial charge is 0.244 e. The van der Waals surface area contributed by atoms with E-state index < -0.39 is 34.3 Å². The Balaban J connectivity index is 2.45. The Morgan fingerprint density at radius 3 is 2.24 bits per heavy atom. The molecule has 0 spiro atoms. The second-order valence-electron chi connectivity index (χ2n) is 8.44. The molecule has 1 atom stereocenters. The first-order valence-corrected chi connectivity index (χ1v) is 13.6. The molecule has 0 radical (unpaired) electrons. The molecule has 2 amide bonds. The molecule has 0 bridgehead atoms. The van der Waals surface area contributed by atoms with Crippen LogP contribution in [0.2, 0.25) is 0 Å². The first-order valence-electron chi connectivity index (χ1n) is 10.9. The molecule has 0 saturated carbocycles. The minimum atomic E-state index is -3.81. The number of nitrogens with zero attached hydrogens (tertiary/aromatic N) is 2. The average molecular weight is 556 g/mol. The molecule has 2 aromatic rings. The zero-order valence-electron chi connectivity index (χ0n) is 20.0. The van der Waals surface area contributed by atoms with E-state index in [1.165, 1.54) is 29.2 Å². The van der Waals surface area contributed by atoms with E-state index in [0.717, 1.165) is 20.6 Å². The van der Waals surface area contributed by atoms with Crippen molar-refractivity contribution in [3.05, 3.63) is 63.9 Å². The number of rotatable bonds is 10. The molecule has 2 aromatic carbocycles. The van der Waals surface area contributed by atoms with Crippen LogP contribution in [0, 0.1) is 12.7 Å². The second-order valence-corrected chi connectivity index (χ2v) is 11.2. The van der Waals surface area contributed by atoms with Gasteiger partial charge in [-0.1, -0.05) is 35.0 Å². The molecule has 0 aliphatic heterocycles. The molecule has 1 unspecified atom stereocenters. The number of benzene rings is 2. The number of hydrogen-bond donors (Lipinski definition) is 1. The van der Waals surface area contributed by atoms with Crippen LogP contribution >= 0.6 is 15.9 Å². The van der Waals surface area contributed by atoms with Crippen molar-refractivity contribution < 1.29 is 22.4 Å². The normalized spacial score (nSPS) is 12.4. The van der Waals surface area contributed by atoms with Crippen molar-refractivity contribution >= 4 is 43.5 Å². The third-order valence-corrected chi connectivity index (χ3v) is 7.22. The average Bonchev–Trinajstić information content (AvgIpc) is 2.74. The van der Waals surface area contributed by atoms with Gasteiger partial charge >= 0.3 is 0 Å². The van der Waals surface area contributed by atoms with Crippen LogP contribution in [0.4, 0.5) is 10.1 Å². The van der Waals surface area contributed by atoms with E-state index in [2.05, 4.69) is 21.2 Å². The predicted molar refractivity (Wildman–Crippen MR) is 135 cm³/mol. The molecule has 2 rings (SSSR count). The topological polar surface area (TPSA) is 86.8 Å². The van der Waals surface area contributed by atoms with Gasteiger partial charge in [-0.05, 0) is 68.7 Å². The molecule has 1 N–H and O–H groups in total. The van der Waals surface area contributed by atoms with E-state index >= 15 is 0 Å². The number of carbonyl (C=O) groups is 2. The number of hydrogen-bond acceptors (Lipinski definition) is 4. The fourth-order valence-corrected chi connectivity index (χ4v) is 4.57. The highest BCUT2D eigenvalue weighted by molar-refractivity contribution is 9.10. The van der Waals surface area contributed by atoms with Crippen molar-refractivity contribution in [3.8, 4) is 0 Å². The molecule has 0 aromatic heterocycles. The highest BCUT2D eigenvalue weighted by atomic mass is 79.9. The van der Waals surface area contributed by atoms with Gasteiger partial charge in [0.2, 0.25) is 21.8 Å². The molecule has 0 aliphatic rings. The van der Waals surface area contributed by atoms with Gasteiger partial charge in [0.15, 0.2) is 0 Å². The summed E-state index contributed by atoms with van der Waals surface area (Å²) in [6.07, 6.45) is 1.35. The summed E-state index contributed by atoms with van der Waals surface area (Å²) in [5.74, 6) is -1.29. The Morgan fingerprint density at radius 1 is 1.12 bits per heavy atom. The monoisotopic (exact) mass is 555 g/mol. The maximum atomic E-state index is 13.5. The van der Waals surface area contributed by atoms with Crippen molar-refractivity contribution in [1.29, 1.82) is 0 Å². The SMILES string of the molecule is CCC(C(=O)NC(C)C)N(Cc1ccc(F)cc1)C(=O)CN(c1ccc(Br)c(C)c1)S(C)(=O)=O. The standard InChI is InChI=1S/C24H31BrFN3O4S/c1-6-22(24(31)27-16(2)3)28(14-18-7-9-19(26)10-8-18)23(30)15-29(34(5,32)33)20-11-12-21(25)17(4)13-20/h7-13,16,22H,6,14-15H2,1-5H3,(H,27,31). The van der Waals surface area contributed by atoms with Gasteiger partial charge in [-0.25, -0.2) is 12.8 Å². The highest BCUT2D eigenvalue weighted by Crippen LogP contribution is 2.25. The predicted octanol–water partition coefficient (Wildman–Crippen LogP) is 3.99. The van der Waals surface area contributed by atoms with Gasteiger partial charge in [0.1, 0.15) is 18.4 Å². The van der Waals surface area contributed by atoms with E-state index in [9.17, 15) is 22.4 Å². The molecule has 7 nitrogen and oxygen atoms in total. The maximum absolute atomic E-state index is 13.5. The third-order valence-electron chi connectivity index (χ3n) is 5.19. The molecule has 0 heterocycles. The van der Waals surface area contributed by atoms with Gasteiger partial charge in [0, 0.05) is 17.1 Å². The van der Waals surface area contributed by atoms with E-state index in [0.29, 0.717) is 17.7 Å². The first-order chi connectivity index (χ1) is 15.8. The molecular formula is C24H31BrFN3O4S. The van der Waals surface area contributed by atoms with Crippen LogP contribution in [0.5, 0.6) is 0 Å². The number of carbonyl (C=O) groups excluding carboxylic acids is 2. The van der Waals surface area contributed by atoms with Gasteiger partial charge in [-0.15, -0.1) is 0 Å². The van der Waals surface area contributed by atoms with Gasteiger partial charge < -0.3 is 10.2 Å². The van der Waals surface area contributed by atoms with Crippen LogP contribution in [0.1, 0.15) is 38.3 Å². The van der Waals surface area contributed by atoms with Crippen molar-refractivity contribution in [2.24, 2.45) is 0 Å². The van der Waals surface area contributed by atoms with Crippen molar-refractivity contribution in [2.45, 2.75) is 52.7 Å². The van der Waals surface area contributed by atoms with E-state index in [1.54, 1.807) is 25.1 Å². The van der Waals surface area contributed by atoms with Crippen LogP contribution in [-0.4, -0.2) is 50.0 Å². The summed E-state index contributed by atoms with van der Waals surface area (Å²) in [4.78, 5) is 27.8. The van der Waals surface area contributed by atoms with Gasteiger partial charge in [0.05, 0.1) is 11.9 Å².